The molecule has 36 heavy (non-hydrogen) atoms. The molecule has 0 aliphatic rings. The maximum absolute atomic E-state index is 12.9. The van der Waals surface area contributed by atoms with Gasteiger partial charge in [0.25, 0.3) is 5.56 Å². The van der Waals surface area contributed by atoms with Crippen molar-refractivity contribution in [1.29, 1.82) is 0 Å². The van der Waals surface area contributed by atoms with E-state index in [1.165, 1.54) is 16.8 Å². The van der Waals surface area contributed by atoms with Gasteiger partial charge in [-0.25, -0.2) is 9.48 Å². The molecule has 0 saturated heterocycles. The molecule has 0 bridgehead atoms. The number of carbonyl (C=O) groups is 2. The van der Waals surface area contributed by atoms with Crippen molar-refractivity contribution in [3.63, 3.8) is 0 Å². The van der Waals surface area contributed by atoms with E-state index in [9.17, 15) is 23.2 Å². The van der Waals surface area contributed by atoms with Crippen molar-refractivity contribution in [3.8, 4) is 11.4 Å². The first-order valence-corrected chi connectivity index (χ1v) is 11.2. The molecule has 0 spiro atoms. The topological polar surface area (TPSA) is 92.4 Å². The Kier molecular flexibility index (Phi) is 6.96. The fourth-order valence-electron chi connectivity index (χ4n) is 4.10. The lowest BCUT2D eigenvalue weighted by Crippen LogP contribution is -2.26. The van der Waals surface area contributed by atoms with Gasteiger partial charge in [0.05, 0.1) is 5.39 Å². The molecule has 2 heterocycles. The molecule has 8 nitrogen and oxygen atoms in total. The lowest BCUT2D eigenvalue weighted by Gasteiger charge is -2.11. The van der Waals surface area contributed by atoms with Crippen LogP contribution in [0.15, 0.2) is 59.4 Å². The zero-order valence-electron chi connectivity index (χ0n) is 19.8. The minimum absolute atomic E-state index is 0.0231. The van der Waals surface area contributed by atoms with E-state index in [1.54, 1.807) is 67.8 Å². The third-order valence-corrected chi connectivity index (χ3v) is 5.75. The smallest absolute Gasteiger partial charge is 0.387 e. The second-order valence-electron chi connectivity index (χ2n) is 8.01. The van der Waals surface area contributed by atoms with Crippen molar-refractivity contribution < 1.29 is 27.8 Å². The fraction of sp³-hybridized carbons (Fsp3) is 0.231. The van der Waals surface area contributed by atoms with Crippen molar-refractivity contribution in [2.75, 3.05) is 6.61 Å². The van der Waals surface area contributed by atoms with Gasteiger partial charge in [0.15, 0.2) is 12.3 Å². The van der Waals surface area contributed by atoms with Gasteiger partial charge in [-0.1, -0.05) is 18.2 Å². The third-order valence-electron chi connectivity index (χ3n) is 5.75. The number of carbonyl (C=O) groups excluding carboxylic acids is 2. The standard InChI is InChI=1S/C26H23F2N3O5/c1-4-30-24(33)20-8-6-5-7-19(20)23(29-30)25(34)35-14-22(32)21-13-15(2)31(16(21)3)17-9-11-18(12-10-17)36-26(27)28/h5-13,26H,4,14H2,1-3H3. The molecule has 2 aromatic carbocycles. The summed E-state index contributed by atoms with van der Waals surface area (Å²) < 4.78 is 37.5. The quantitative estimate of drug-likeness (QED) is 0.265. The van der Waals surface area contributed by atoms with Crippen LogP contribution in [0.4, 0.5) is 8.78 Å². The average Bonchev–Trinajstić information content (AvgIpc) is 3.16. The van der Waals surface area contributed by atoms with Gasteiger partial charge >= 0.3 is 12.6 Å². The molecule has 10 heteroatoms. The number of ketones is 1. The van der Waals surface area contributed by atoms with E-state index in [-0.39, 0.29) is 23.5 Å². The van der Waals surface area contributed by atoms with Crippen LogP contribution in [0.5, 0.6) is 5.75 Å². The maximum Gasteiger partial charge on any atom is 0.387 e. The Morgan fingerprint density at radius 3 is 2.33 bits per heavy atom. The number of Topliss-reactive ketones (excluding diaryl/α,β-unsaturated/α-hetero) is 1. The molecule has 0 atom stereocenters. The summed E-state index contributed by atoms with van der Waals surface area (Å²) in [5.74, 6) is -1.21. The summed E-state index contributed by atoms with van der Waals surface area (Å²) in [6, 6.07) is 14.3. The number of fused-ring (bicyclic) bond motifs is 1. The molecular formula is C26H23F2N3O5. The predicted molar refractivity (Wildman–Crippen MR) is 128 cm³/mol. The van der Waals surface area contributed by atoms with Crippen LogP contribution in [0.3, 0.4) is 0 Å². The van der Waals surface area contributed by atoms with Gasteiger partial charge in [0, 0.05) is 34.6 Å². The third kappa shape index (κ3) is 4.74. The number of benzene rings is 2. The van der Waals surface area contributed by atoms with Crippen LogP contribution >= 0.6 is 0 Å². The number of esters is 1. The summed E-state index contributed by atoms with van der Waals surface area (Å²) in [4.78, 5) is 38.3. The Labute approximate surface area is 204 Å². The minimum atomic E-state index is -2.92. The van der Waals surface area contributed by atoms with Gasteiger partial charge in [-0.05, 0) is 57.2 Å². The number of hydrogen-bond donors (Lipinski definition) is 0. The number of hydrogen-bond acceptors (Lipinski definition) is 6. The highest BCUT2D eigenvalue weighted by atomic mass is 19.3. The molecule has 0 fully saturated rings. The number of halogens is 2. The van der Waals surface area contributed by atoms with Crippen LogP contribution < -0.4 is 10.3 Å². The van der Waals surface area contributed by atoms with Crippen molar-refractivity contribution in [2.45, 2.75) is 33.9 Å². The molecule has 0 unspecified atom stereocenters. The van der Waals surface area contributed by atoms with Crippen molar-refractivity contribution in [3.05, 3.63) is 87.6 Å². The molecule has 0 amide bonds. The van der Waals surface area contributed by atoms with E-state index >= 15 is 0 Å². The highest BCUT2D eigenvalue weighted by Crippen LogP contribution is 2.24. The molecule has 0 saturated carbocycles. The number of rotatable bonds is 8. The van der Waals surface area contributed by atoms with E-state index < -0.39 is 25.0 Å². The molecule has 0 N–H and O–H groups in total. The first-order chi connectivity index (χ1) is 17.2. The molecule has 4 rings (SSSR count). The SMILES string of the molecule is CCn1nc(C(=O)OCC(=O)c2cc(C)n(-c3ccc(OC(F)F)cc3)c2C)c2ccccc2c1=O. The normalized spacial score (nSPS) is 11.2. The summed E-state index contributed by atoms with van der Waals surface area (Å²) in [7, 11) is 0. The lowest BCUT2D eigenvalue weighted by molar-refractivity contribution is -0.0498. The monoisotopic (exact) mass is 495 g/mol. The summed E-state index contributed by atoms with van der Waals surface area (Å²) in [5.41, 5.74) is 1.97. The summed E-state index contributed by atoms with van der Waals surface area (Å²) >= 11 is 0. The van der Waals surface area contributed by atoms with Gasteiger partial charge in [-0.2, -0.15) is 13.9 Å². The van der Waals surface area contributed by atoms with E-state index in [2.05, 4.69) is 9.84 Å². The molecule has 0 aliphatic carbocycles. The van der Waals surface area contributed by atoms with Crippen molar-refractivity contribution in [1.82, 2.24) is 14.3 Å². The molecule has 0 radical (unpaired) electrons. The predicted octanol–water partition coefficient (Wildman–Crippen LogP) is 4.47. The Hall–Kier alpha value is -4.34. The molecule has 2 aromatic heterocycles. The summed E-state index contributed by atoms with van der Waals surface area (Å²) in [6.45, 7) is 2.09. The van der Waals surface area contributed by atoms with Crippen molar-refractivity contribution in [2.24, 2.45) is 0 Å². The number of aromatic nitrogens is 3. The highest BCUT2D eigenvalue weighted by molar-refractivity contribution is 6.04. The number of nitrogens with zero attached hydrogens (tertiary/aromatic N) is 3. The molecule has 4 aromatic rings. The van der Waals surface area contributed by atoms with E-state index in [4.69, 9.17) is 4.74 Å². The minimum Gasteiger partial charge on any atom is -0.452 e. The molecule has 186 valence electrons. The van der Waals surface area contributed by atoms with Crippen LogP contribution in [0.25, 0.3) is 16.5 Å². The van der Waals surface area contributed by atoms with Gasteiger partial charge in [0.1, 0.15) is 5.75 Å². The maximum atomic E-state index is 12.9. The van der Waals surface area contributed by atoms with E-state index in [1.807, 2.05) is 0 Å². The average molecular weight is 495 g/mol. The van der Waals surface area contributed by atoms with Crippen LogP contribution in [0, 0.1) is 13.8 Å². The largest absolute Gasteiger partial charge is 0.452 e. The summed E-state index contributed by atoms with van der Waals surface area (Å²) in [5, 5.41) is 4.81. The summed E-state index contributed by atoms with van der Waals surface area (Å²) in [6.07, 6.45) is 0. The Balaban J connectivity index is 1.55. The van der Waals surface area contributed by atoms with Crippen LogP contribution in [0.1, 0.15) is 39.2 Å². The number of ether oxygens (including phenoxy) is 2. The van der Waals surface area contributed by atoms with Gasteiger partial charge in [0.2, 0.25) is 5.78 Å². The first kappa shape index (κ1) is 24.8. The van der Waals surface area contributed by atoms with Gasteiger partial charge in [-0.3, -0.25) is 9.59 Å². The zero-order valence-corrected chi connectivity index (χ0v) is 19.8. The van der Waals surface area contributed by atoms with Gasteiger partial charge < -0.3 is 14.0 Å². The van der Waals surface area contributed by atoms with E-state index in [0.29, 0.717) is 27.7 Å². The van der Waals surface area contributed by atoms with E-state index in [0.717, 1.165) is 5.69 Å². The second-order valence-corrected chi connectivity index (χ2v) is 8.01. The number of aryl methyl sites for hydroxylation is 2. The second kappa shape index (κ2) is 10.1. The lowest BCUT2D eigenvalue weighted by atomic mass is 10.1. The van der Waals surface area contributed by atoms with Crippen LogP contribution in [-0.2, 0) is 11.3 Å². The van der Waals surface area contributed by atoms with Gasteiger partial charge in [-0.15, -0.1) is 0 Å². The Morgan fingerprint density at radius 1 is 1.03 bits per heavy atom. The Bertz CT molecular complexity index is 1510. The Morgan fingerprint density at radius 2 is 1.69 bits per heavy atom. The molecule has 0 aliphatic heterocycles. The highest BCUT2D eigenvalue weighted by Gasteiger charge is 2.21. The fourth-order valence-corrected chi connectivity index (χ4v) is 4.10. The van der Waals surface area contributed by atoms with Crippen LogP contribution in [-0.4, -0.2) is 39.3 Å². The zero-order chi connectivity index (χ0) is 26.0. The number of alkyl halides is 2. The molecular weight excluding hydrogens is 472 g/mol. The van der Waals surface area contributed by atoms with Crippen LogP contribution in [0.2, 0.25) is 0 Å². The van der Waals surface area contributed by atoms with Crippen molar-refractivity contribution >= 4 is 22.5 Å². The first-order valence-electron chi connectivity index (χ1n) is 11.2.